The Bertz CT molecular complexity index is 748. The van der Waals surface area contributed by atoms with Gasteiger partial charge in [-0.25, -0.2) is 9.78 Å². The molecule has 124 valence electrons. The van der Waals surface area contributed by atoms with Gasteiger partial charge in [0, 0.05) is 0 Å². The number of nitrogen functional groups attached to an aromatic ring is 1. The number of para-hydroxylation sites is 1. The minimum Gasteiger partial charge on any atom is -0.425 e. The van der Waals surface area contributed by atoms with Crippen LogP contribution in [0.15, 0.2) is 52.7 Å². The summed E-state index contributed by atoms with van der Waals surface area (Å²) in [4.78, 5) is 26.7. The standard InChI is InChI=1S/C15H16N6O3/c16-8-13(22)19-12-7-6-11(15(17)20-12)21-18-9-14(23)24-10-4-2-1-3-5-10/h1-7H,8-9,16H2,(H3,17,19,20,22). The molecule has 1 aromatic carbocycles. The lowest BCUT2D eigenvalue weighted by Gasteiger charge is -2.04. The molecule has 0 unspecified atom stereocenters. The van der Waals surface area contributed by atoms with Crippen LogP contribution in [0.3, 0.4) is 0 Å². The number of nitrogens with two attached hydrogens (primary N) is 2. The number of benzene rings is 1. The number of pyridine rings is 1. The first-order valence-corrected chi connectivity index (χ1v) is 6.98. The van der Waals surface area contributed by atoms with E-state index >= 15 is 0 Å². The van der Waals surface area contributed by atoms with Gasteiger partial charge < -0.3 is 21.5 Å². The van der Waals surface area contributed by atoms with E-state index in [1.807, 2.05) is 6.07 Å². The van der Waals surface area contributed by atoms with Gasteiger partial charge in [0.25, 0.3) is 0 Å². The smallest absolute Gasteiger partial charge is 0.335 e. The van der Waals surface area contributed by atoms with E-state index in [1.165, 1.54) is 12.1 Å². The minimum atomic E-state index is -0.552. The Labute approximate surface area is 137 Å². The SMILES string of the molecule is NCC(=O)Nc1ccc(N=NCC(=O)Oc2ccccc2)c(N)n1. The third-order valence-corrected chi connectivity index (χ3v) is 2.71. The van der Waals surface area contributed by atoms with E-state index < -0.39 is 5.97 Å². The number of carbonyl (C=O) groups is 2. The lowest BCUT2D eigenvalue weighted by atomic mass is 10.3. The van der Waals surface area contributed by atoms with Crippen LogP contribution < -0.4 is 21.5 Å². The zero-order chi connectivity index (χ0) is 17.4. The molecule has 1 amide bonds. The average Bonchev–Trinajstić information content (AvgIpc) is 2.57. The number of anilines is 2. The van der Waals surface area contributed by atoms with Crippen molar-refractivity contribution in [3.05, 3.63) is 42.5 Å². The Morgan fingerprint density at radius 2 is 1.92 bits per heavy atom. The molecule has 0 spiro atoms. The Morgan fingerprint density at radius 3 is 2.58 bits per heavy atom. The summed E-state index contributed by atoms with van der Waals surface area (Å²) in [7, 11) is 0. The number of carbonyl (C=O) groups excluding carboxylic acids is 2. The fraction of sp³-hybridized carbons (Fsp3) is 0.133. The summed E-state index contributed by atoms with van der Waals surface area (Å²) in [6.07, 6.45) is 0. The van der Waals surface area contributed by atoms with Crippen molar-refractivity contribution in [2.45, 2.75) is 0 Å². The molecule has 0 saturated carbocycles. The molecule has 5 N–H and O–H groups in total. The normalized spacial score (nSPS) is 10.5. The predicted molar refractivity (Wildman–Crippen MR) is 87.8 cm³/mol. The molecule has 2 rings (SSSR count). The number of nitrogens with one attached hydrogen (secondary N) is 1. The van der Waals surface area contributed by atoms with Crippen molar-refractivity contribution < 1.29 is 14.3 Å². The molecule has 0 bridgehead atoms. The summed E-state index contributed by atoms with van der Waals surface area (Å²) < 4.78 is 5.06. The van der Waals surface area contributed by atoms with Crippen molar-refractivity contribution >= 4 is 29.2 Å². The monoisotopic (exact) mass is 328 g/mol. The van der Waals surface area contributed by atoms with Crippen molar-refractivity contribution in [2.24, 2.45) is 16.0 Å². The molecule has 0 radical (unpaired) electrons. The zero-order valence-electron chi connectivity index (χ0n) is 12.7. The van der Waals surface area contributed by atoms with Crippen molar-refractivity contribution in [1.29, 1.82) is 0 Å². The van der Waals surface area contributed by atoms with Gasteiger partial charge in [0.2, 0.25) is 5.91 Å². The second kappa shape index (κ2) is 8.34. The number of hydrogen-bond acceptors (Lipinski definition) is 8. The predicted octanol–water partition coefficient (Wildman–Crippen LogP) is 1.25. The maximum atomic E-state index is 11.6. The highest BCUT2D eigenvalue weighted by molar-refractivity contribution is 5.91. The van der Waals surface area contributed by atoms with Gasteiger partial charge in [-0.3, -0.25) is 4.79 Å². The molecule has 1 aromatic heterocycles. The van der Waals surface area contributed by atoms with Gasteiger partial charge in [-0.1, -0.05) is 18.2 Å². The van der Waals surface area contributed by atoms with Gasteiger partial charge in [-0.2, -0.15) is 10.2 Å². The molecule has 9 nitrogen and oxygen atoms in total. The van der Waals surface area contributed by atoms with Crippen LogP contribution in [0.5, 0.6) is 5.75 Å². The number of azo groups is 1. The number of amides is 1. The zero-order valence-corrected chi connectivity index (χ0v) is 12.7. The van der Waals surface area contributed by atoms with E-state index in [9.17, 15) is 9.59 Å². The molecule has 0 aliphatic rings. The van der Waals surface area contributed by atoms with E-state index in [1.54, 1.807) is 24.3 Å². The summed E-state index contributed by atoms with van der Waals surface area (Å²) in [5, 5.41) is 10.0. The fourth-order valence-corrected chi connectivity index (χ4v) is 1.64. The maximum Gasteiger partial charge on any atom is 0.335 e. The first kappa shape index (κ1) is 17.0. The number of aromatic nitrogens is 1. The molecule has 0 atom stereocenters. The van der Waals surface area contributed by atoms with E-state index in [0.717, 1.165) is 0 Å². The summed E-state index contributed by atoms with van der Waals surface area (Å²) in [6.45, 7) is -0.424. The number of esters is 1. The van der Waals surface area contributed by atoms with E-state index in [0.29, 0.717) is 5.75 Å². The van der Waals surface area contributed by atoms with Crippen LogP contribution in [0.4, 0.5) is 17.3 Å². The molecule has 0 saturated heterocycles. The van der Waals surface area contributed by atoms with Crippen molar-refractivity contribution in [3.63, 3.8) is 0 Å². The van der Waals surface area contributed by atoms with Crippen molar-refractivity contribution in [1.82, 2.24) is 4.98 Å². The van der Waals surface area contributed by atoms with Crippen LogP contribution in [0, 0.1) is 0 Å². The quantitative estimate of drug-likeness (QED) is 0.413. The molecule has 0 fully saturated rings. The third-order valence-electron chi connectivity index (χ3n) is 2.71. The maximum absolute atomic E-state index is 11.6. The highest BCUT2D eigenvalue weighted by atomic mass is 16.5. The van der Waals surface area contributed by atoms with Crippen LogP contribution >= 0.6 is 0 Å². The van der Waals surface area contributed by atoms with Gasteiger partial charge in [0.15, 0.2) is 12.4 Å². The van der Waals surface area contributed by atoms with Gasteiger partial charge in [0.1, 0.15) is 17.3 Å². The number of hydrogen-bond donors (Lipinski definition) is 3. The molecule has 2 aromatic rings. The highest BCUT2D eigenvalue weighted by Crippen LogP contribution is 2.22. The molecule has 0 aliphatic heterocycles. The lowest BCUT2D eigenvalue weighted by molar-refractivity contribution is -0.132. The molecule has 0 aliphatic carbocycles. The van der Waals surface area contributed by atoms with Gasteiger partial charge in [0.05, 0.1) is 6.54 Å². The fourth-order valence-electron chi connectivity index (χ4n) is 1.64. The van der Waals surface area contributed by atoms with E-state index in [4.69, 9.17) is 16.2 Å². The van der Waals surface area contributed by atoms with Crippen LogP contribution in [-0.2, 0) is 9.59 Å². The Hall–Kier alpha value is -3.33. The van der Waals surface area contributed by atoms with Crippen LogP contribution in [0.1, 0.15) is 0 Å². The number of nitrogens with zero attached hydrogens (tertiary/aromatic N) is 3. The summed E-state index contributed by atoms with van der Waals surface area (Å²) in [5.74, 6) is -0.197. The molecule has 24 heavy (non-hydrogen) atoms. The first-order valence-electron chi connectivity index (χ1n) is 6.98. The van der Waals surface area contributed by atoms with Gasteiger partial charge in [-0.05, 0) is 24.3 Å². The third kappa shape index (κ3) is 5.14. The van der Waals surface area contributed by atoms with Crippen molar-refractivity contribution in [2.75, 3.05) is 24.1 Å². The van der Waals surface area contributed by atoms with E-state index in [2.05, 4.69) is 20.5 Å². The highest BCUT2D eigenvalue weighted by Gasteiger charge is 2.06. The number of rotatable bonds is 6. The van der Waals surface area contributed by atoms with Crippen molar-refractivity contribution in [3.8, 4) is 5.75 Å². The van der Waals surface area contributed by atoms with Gasteiger partial charge >= 0.3 is 5.97 Å². The molecular formula is C15H16N6O3. The van der Waals surface area contributed by atoms with Gasteiger partial charge in [-0.15, -0.1) is 0 Å². The minimum absolute atomic E-state index is 0.0602. The number of ether oxygens (including phenoxy) is 1. The van der Waals surface area contributed by atoms with Crippen LogP contribution in [0.25, 0.3) is 0 Å². The lowest BCUT2D eigenvalue weighted by Crippen LogP contribution is -2.22. The average molecular weight is 328 g/mol. The molecule has 9 heteroatoms. The Morgan fingerprint density at radius 1 is 1.17 bits per heavy atom. The Balaban J connectivity index is 1.91. The summed E-state index contributed by atoms with van der Waals surface area (Å²) in [5.41, 5.74) is 11.2. The molecule has 1 heterocycles. The first-order chi connectivity index (χ1) is 11.6. The summed E-state index contributed by atoms with van der Waals surface area (Å²) in [6, 6.07) is 11.6. The largest absolute Gasteiger partial charge is 0.425 e. The topological polar surface area (TPSA) is 145 Å². The second-order valence-electron chi connectivity index (χ2n) is 4.54. The molecular weight excluding hydrogens is 312 g/mol. The second-order valence-corrected chi connectivity index (χ2v) is 4.54. The van der Waals surface area contributed by atoms with E-state index in [-0.39, 0.29) is 36.3 Å². The summed E-state index contributed by atoms with van der Waals surface area (Å²) >= 11 is 0. The van der Waals surface area contributed by atoms with Crippen LogP contribution in [-0.4, -0.2) is 29.9 Å². The Kier molecular flexibility index (Phi) is 5.92. The van der Waals surface area contributed by atoms with Crippen LogP contribution in [0.2, 0.25) is 0 Å².